The Labute approximate surface area is 454 Å². The summed E-state index contributed by atoms with van der Waals surface area (Å²) in [7, 11) is -8.57. The summed E-state index contributed by atoms with van der Waals surface area (Å²) in [6.45, 7) is 12.5. The highest BCUT2D eigenvalue weighted by molar-refractivity contribution is 7.93. The summed E-state index contributed by atoms with van der Waals surface area (Å²) < 4.78 is 68.3. The molecule has 10 rings (SSSR count). The van der Waals surface area contributed by atoms with Gasteiger partial charge in [-0.3, -0.25) is 33.7 Å². The topological polar surface area (TPSA) is 192 Å². The molecule has 16 nitrogen and oxygen atoms in total. The second kappa shape index (κ2) is 22.0. The fourth-order valence-electron chi connectivity index (χ4n) is 10.00. The lowest BCUT2D eigenvalue weighted by atomic mass is 9.83. The molecule has 0 saturated carbocycles. The van der Waals surface area contributed by atoms with E-state index in [0.717, 1.165) is 16.9 Å². The summed E-state index contributed by atoms with van der Waals surface area (Å²) >= 11 is 0. The molecule has 2 saturated heterocycles. The molecule has 0 unspecified atom stereocenters. The number of carbonyl (C=O) groups excluding carboxylic acids is 3. The molecule has 0 aliphatic carbocycles. The third-order valence-electron chi connectivity index (χ3n) is 14.3. The number of fused-ring (bicyclic) bond motifs is 2. The van der Waals surface area contributed by atoms with E-state index in [-0.39, 0.29) is 56.0 Å². The summed E-state index contributed by atoms with van der Waals surface area (Å²) in [5.41, 5.74) is 3.66. The molecule has 8 aromatic rings. The number of rotatable bonds is 15. The van der Waals surface area contributed by atoms with Gasteiger partial charge in [0.05, 0.1) is 28.2 Å². The van der Waals surface area contributed by atoms with E-state index < -0.39 is 25.5 Å². The highest BCUT2D eigenvalue weighted by Crippen LogP contribution is 2.33. The number of aromatic nitrogens is 2. The Balaban J connectivity index is 0.807. The lowest BCUT2D eigenvalue weighted by molar-refractivity contribution is -0.137. The molecule has 18 heteroatoms. The fourth-order valence-corrected chi connectivity index (χ4v) is 12.5. The minimum atomic E-state index is -4.30. The zero-order chi connectivity index (χ0) is 54.8. The molecule has 3 amide bonds. The van der Waals surface area contributed by atoms with Crippen molar-refractivity contribution in [2.24, 2.45) is 0 Å². The van der Waals surface area contributed by atoms with Crippen LogP contribution in [0.25, 0.3) is 33.1 Å². The van der Waals surface area contributed by atoms with Crippen molar-refractivity contribution in [1.29, 1.82) is 0 Å². The third kappa shape index (κ3) is 11.4. The quantitative estimate of drug-likeness (QED) is 0.0996. The third-order valence-corrected chi connectivity index (χ3v) is 17.1. The van der Waals surface area contributed by atoms with Crippen molar-refractivity contribution in [2.45, 2.75) is 55.5 Å². The number of para-hydroxylation sites is 2. The first-order valence-corrected chi connectivity index (χ1v) is 28.9. The van der Waals surface area contributed by atoms with Crippen LogP contribution < -0.4 is 14.2 Å². The summed E-state index contributed by atoms with van der Waals surface area (Å²) in [6.07, 6.45) is 1.56. The van der Waals surface area contributed by atoms with Gasteiger partial charge in [0.15, 0.2) is 0 Å². The summed E-state index contributed by atoms with van der Waals surface area (Å²) in [5, 5.41) is 1.04. The molecule has 2 aliphatic heterocycles. The highest BCUT2D eigenvalue weighted by Gasteiger charge is 2.36. The lowest BCUT2D eigenvalue weighted by Crippen LogP contribution is -2.54. The number of anilines is 2. The van der Waals surface area contributed by atoms with Crippen molar-refractivity contribution < 1.29 is 36.0 Å². The Bertz CT molecular complexity index is 3770. The summed E-state index contributed by atoms with van der Waals surface area (Å²) in [4.78, 5) is 57.4. The molecule has 2 N–H and O–H groups in total. The number of sulfonamides is 2. The summed E-state index contributed by atoms with van der Waals surface area (Å²) in [6, 6.07) is 45.0. The van der Waals surface area contributed by atoms with Crippen LogP contribution in [-0.2, 0) is 36.8 Å². The molecule has 0 atom stereocenters. The van der Waals surface area contributed by atoms with Crippen molar-refractivity contribution in [3.05, 3.63) is 186 Å². The van der Waals surface area contributed by atoms with Gasteiger partial charge in [0.25, 0.3) is 31.9 Å². The average molecular weight is 1090 g/mol. The first-order valence-electron chi connectivity index (χ1n) is 25.9. The van der Waals surface area contributed by atoms with Gasteiger partial charge < -0.3 is 19.4 Å². The zero-order valence-electron chi connectivity index (χ0n) is 43.8. The van der Waals surface area contributed by atoms with Crippen LogP contribution in [0.5, 0.6) is 5.75 Å². The predicted octanol–water partition coefficient (Wildman–Crippen LogP) is 9.06. The maximum absolute atomic E-state index is 14.3. The van der Waals surface area contributed by atoms with Crippen molar-refractivity contribution in [1.82, 2.24) is 29.6 Å². The molecule has 400 valence electrons. The van der Waals surface area contributed by atoms with Crippen molar-refractivity contribution in [3.8, 4) is 17.0 Å². The van der Waals surface area contributed by atoms with Gasteiger partial charge in [-0.1, -0.05) is 72.8 Å². The summed E-state index contributed by atoms with van der Waals surface area (Å²) in [5.74, 6) is 0.487. The molecular weight excluding hydrogens is 1020 g/mol. The van der Waals surface area contributed by atoms with Crippen LogP contribution in [-0.4, -0.2) is 123 Å². The first-order chi connectivity index (χ1) is 37.4. The monoisotopic (exact) mass is 1080 g/mol. The molecule has 0 spiro atoms. The van der Waals surface area contributed by atoms with E-state index in [9.17, 15) is 31.2 Å². The van der Waals surface area contributed by atoms with Gasteiger partial charge in [-0.05, 0) is 118 Å². The molecule has 2 aliphatic rings. The van der Waals surface area contributed by atoms with E-state index in [1.165, 1.54) is 30.5 Å². The van der Waals surface area contributed by atoms with Gasteiger partial charge in [0.2, 0.25) is 5.91 Å². The normalized spacial score (nSPS) is 14.7. The Morgan fingerprint density at radius 2 is 1.14 bits per heavy atom. The van der Waals surface area contributed by atoms with Crippen LogP contribution in [0, 0.1) is 0 Å². The number of amides is 3. The highest BCUT2D eigenvalue weighted by atomic mass is 32.2. The van der Waals surface area contributed by atoms with Gasteiger partial charge >= 0.3 is 0 Å². The Morgan fingerprint density at radius 1 is 0.577 bits per heavy atom. The maximum Gasteiger partial charge on any atom is 0.264 e. The Kier molecular flexibility index (Phi) is 15.0. The molecule has 0 radical (unpaired) electrons. The van der Waals surface area contributed by atoms with E-state index in [1.54, 1.807) is 93.6 Å². The fraction of sp³-hybridized carbons (Fsp3) is 0.250. The van der Waals surface area contributed by atoms with Crippen LogP contribution in [0.4, 0.5) is 11.4 Å². The van der Waals surface area contributed by atoms with Crippen LogP contribution in [0.2, 0.25) is 0 Å². The Hall–Kier alpha value is -8.19. The number of hydrogen-bond donors (Lipinski definition) is 2. The molecule has 2 fully saturated rings. The predicted molar refractivity (Wildman–Crippen MR) is 302 cm³/mol. The maximum atomic E-state index is 14.3. The second-order valence-electron chi connectivity index (χ2n) is 20.4. The van der Waals surface area contributed by atoms with E-state index in [1.807, 2.05) is 76.2 Å². The molecule has 4 heterocycles. The van der Waals surface area contributed by atoms with Crippen molar-refractivity contribution >= 4 is 70.9 Å². The smallest absolute Gasteiger partial charge is 0.264 e. The van der Waals surface area contributed by atoms with E-state index in [2.05, 4.69) is 25.4 Å². The van der Waals surface area contributed by atoms with Gasteiger partial charge in [-0.15, -0.1) is 0 Å². The number of hydrogen-bond acceptors (Lipinski definition) is 11. The molecule has 2 aromatic heterocycles. The number of ether oxygens (including phenoxy) is 1. The van der Waals surface area contributed by atoms with Crippen LogP contribution in [0.15, 0.2) is 174 Å². The lowest BCUT2D eigenvalue weighted by Gasteiger charge is -2.38. The van der Waals surface area contributed by atoms with Gasteiger partial charge in [-0.2, -0.15) is 0 Å². The molecular formula is C60H60N8O8S2. The van der Waals surface area contributed by atoms with Crippen molar-refractivity contribution in [3.63, 3.8) is 0 Å². The number of piperazine rings is 2. The minimum absolute atomic E-state index is 0.00222. The van der Waals surface area contributed by atoms with Crippen LogP contribution in [0.1, 0.15) is 59.5 Å². The van der Waals surface area contributed by atoms with E-state index in [4.69, 9.17) is 9.72 Å². The molecule has 6 aromatic carbocycles. The first kappa shape index (κ1) is 53.2. The number of benzene rings is 6. The second-order valence-corrected chi connectivity index (χ2v) is 23.7. The minimum Gasteiger partial charge on any atom is -0.491 e. The van der Waals surface area contributed by atoms with Crippen LogP contribution >= 0.6 is 0 Å². The number of carbonyl (C=O) groups is 3. The molecule has 0 bridgehead atoms. The largest absolute Gasteiger partial charge is 0.491 e. The average Bonchev–Trinajstić information content (AvgIpc) is 3.59. The van der Waals surface area contributed by atoms with Gasteiger partial charge in [0, 0.05) is 110 Å². The van der Waals surface area contributed by atoms with E-state index >= 15 is 0 Å². The standard InChI is InChI=1S/C60H60N8O8S2/c1-41(2)76-52-17-9-8-12-46(52)40-65-30-32-66(33-31-65)57(69)43-21-26-50(27-22-43)64-78(74,75)54-39-47(38-45-14-11-29-61-55(45)54)51-28-23-42-13-10-18-53(56(42)62-51)77(72,73)63-49-24-19-44(20-25-49)58(70)67-34-36-68(37-35-67)59(71)60(3,4)48-15-6-5-7-16-48/h5-29,38-39,41,63-64H,30-37,40H2,1-4H3. The Morgan fingerprint density at radius 3 is 1.77 bits per heavy atom. The van der Waals surface area contributed by atoms with Gasteiger partial charge in [-0.25, -0.2) is 21.8 Å². The zero-order valence-corrected chi connectivity index (χ0v) is 45.4. The number of nitrogens with one attached hydrogen (secondary N) is 2. The van der Waals surface area contributed by atoms with Gasteiger partial charge in [0.1, 0.15) is 15.5 Å². The number of pyridine rings is 2. The van der Waals surface area contributed by atoms with E-state index in [0.29, 0.717) is 92.1 Å². The van der Waals surface area contributed by atoms with Crippen LogP contribution in [0.3, 0.4) is 0 Å². The SMILES string of the molecule is CC(C)Oc1ccccc1CN1CCN(C(=O)c2ccc(NS(=O)(=O)c3cc(-c4ccc5cccc(S(=O)(=O)Nc6ccc(C(=O)N7CCN(C(=O)C(C)(C)c8ccccc8)CC7)cc6)c5n4)cc4cccnc34)cc2)CC1. The number of nitrogens with zero attached hydrogens (tertiary/aromatic N) is 6. The molecule has 78 heavy (non-hydrogen) atoms. The van der Waals surface area contributed by atoms with Crippen molar-refractivity contribution in [2.75, 3.05) is 61.8 Å².